The van der Waals surface area contributed by atoms with Crippen LogP contribution in [0.15, 0.2) is 23.8 Å². The summed E-state index contributed by atoms with van der Waals surface area (Å²) in [6.45, 7) is 1.99. The third kappa shape index (κ3) is 1.90. The number of thiazole rings is 1. The molecular formula is C10H11N3S. The highest BCUT2D eigenvalue weighted by Gasteiger charge is 2.01. The Morgan fingerprint density at radius 3 is 2.93 bits per heavy atom. The van der Waals surface area contributed by atoms with Crippen LogP contribution in [0.25, 0.3) is 0 Å². The maximum Gasteiger partial charge on any atom is 0.0984 e. The number of nitrogens with two attached hydrogens (primary N) is 1. The molecule has 0 radical (unpaired) electrons. The van der Waals surface area contributed by atoms with Gasteiger partial charge in [-0.05, 0) is 18.6 Å². The molecular weight excluding hydrogens is 194 g/mol. The van der Waals surface area contributed by atoms with Gasteiger partial charge in [0.15, 0.2) is 0 Å². The summed E-state index contributed by atoms with van der Waals surface area (Å²) in [7, 11) is 0. The fraction of sp³-hybridized carbons (Fsp3) is 0.200. The van der Waals surface area contributed by atoms with Gasteiger partial charge >= 0.3 is 0 Å². The number of nitrogens with zero attached hydrogens (tertiary/aromatic N) is 2. The van der Waals surface area contributed by atoms with Gasteiger partial charge in [0.2, 0.25) is 0 Å². The van der Waals surface area contributed by atoms with E-state index in [0.29, 0.717) is 0 Å². The van der Waals surface area contributed by atoms with Gasteiger partial charge in [0.25, 0.3) is 0 Å². The van der Waals surface area contributed by atoms with Crippen molar-refractivity contribution < 1.29 is 0 Å². The molecule has 14 heavy (non-hydrogen) atoms. The van der Waals surface area contributed by atoms with Gasteiger partial charge in [-0.1, -0.05) is 0 Å². The molecule has 0 atom stereocenters. The largest absolute Gasteiger partial charge is 0.397 e. The third-order valence-corrected chi connectivity index (χ3v) is 2.80. The van der Waals surface area contributed by atoms with E-state index in [1.807, 2.05) is 24.6 Å². The third-order valence-electron chi connectivity index (χ3n) is 2.02. The Morgan fingerprint density at radius 2 is 2.29 bits per heavy atom. The number of rotatable bonds is 2. The topological polar surface area (TPSA) is 51.8 Å². The highest BCUT2D eigenvalue weighted by Crippen LogP contribution is 2.14. The number of aryl methyl sites for hydroxylation is 1. The van der Waals surface area contributed by atoms with E-state index in [1.165, 1.54) is 0 Å². The first-order valence-electron chi connectivity index (χ1n) is 4.35. The lowest BCUT2D eigenvalue weighted by atomic mass is 10.2. The number of anilines is 1. The number of hydrogen-bond acceptors (Lipinski definition) is 4. The van der Waals surface area contributed by atoms with Crippen molar-refractivity contribution in [2.75, 3.05) is 5.73 Å². The molecule has 2 aromatic heterocycles. The lowest BCUT2D eigenvalue weighted by Crippen LogP contribution is -1.96. The van der Waals surface area contributed by atoms with Crippen LogP contribution < -0.4 is 5.73 Å². The fourth-order valence-corrected chi connectivity index (χ4v) is 1.85. The van der Waals surface area contributed by atoms with Crippen molar-refractivity contribution in [1.29, 1.82) is 0 Å². The predicted octanol–water partition coefficient (Wildman–Crippen LogP) is 2.02. The number of pyridine rings is 1. The monoisotopic (exact) mass is 205 g/mol. The smallest absolute Gasteiger partial charge is 0.0984 e. The average Bonchev–Trinajstić information content (AvgIpc) is 2.64. The van der Waals surface area contributed by atoms with Gasteiger partial charge in [-0.3, -0.25) is 4.98 Å². The zero-order valence-corrected chi connectivity index (χ0v) is 8.71. The van der Waals surface area contributed by atoms with E-state index >= 15 is 0 Å². The lowest BCUT2D eigenvalue weighted by molar-refractivity contribution is 1.04. The fourth-order valence-electron chi connectivity index (χ4n) is 1.22. The number of hydrogen-bond donors (Lipinski definition) is 1. The normalized spacial score (nSPS) is 10.4. The maximum absolute atomic E-state index is 5.69. The molecule has 0 saturated heterocycles. The summed E-state index contributed by atoms with van der Waals surface area (Å²) in [5.74, 6) is 0. The van der Waals surface area contributed by atoms with Crippen LogP contribution in [0.5, 0.6) is 0 Å². The van der Waals surface area contributed by atoms with Gasteiger partial charge in [0.1, 0.15) is 0 Å². The van der Waals surface area contributed by atoms with Crippen LogP contribution in [0.1, 0.15) is 16.3 Å². The number of aromatic nitrogens is 2. The summed E-state index contributed by atoms with van der Waals surface area (Å²) in [5, 5.41) is 3.06. The molecule has 0 saturated carbocycles. The van der Waals surface area contributed by atoms with Crippen molar-refractivity contribution >= 4 is 17.0 Å². The molecule has 0 aromatic carbocycles. The second-order valence-corrected chi connectivity index (χ2v) is 4.11. The maximum atomic E-state index is 5.69. The van der Waals surface area contributed by atoms with E-state index in [-0.39, 0.29) is 0 Å². The molecule has 2 aromatic rings. The molecule has 0 aliphatic heterocycles. The Bertz CT molecular complexity index is 423. The van der Waals surface area contributed by atoms with Gasteiger partial charge in [-0.15, -0.1) is 11.3 Å². The zero-order valence-electron chi connectivity index (χ0n) is 7.90. The minimum atomic E-state index is 0.743. The first kappa shape index (κ1) is 9.15. The van der Waals surface area contributed by atoms with E-state index in [4.69, 9.17) is 5.73 Å². The Hall–Kier alpha value is -1.42. The summed E-state index contributed by atoms with van der Waals surface area (Å²) < 4.78 is 0. The van der Waals surface area contributed by atoms with Crippen LogP contribution in [0.3, 0.4) is 0 Å². The predicted molar refractivity (Wildman–Crippen MR) is 58.3 cm³/mol. The molecule has 4 heteroatoms. The molecule has 0 aliphatic rings. The molecule has 0 fully saturated rings. The van der Waals surface area contributed by atoms with Gasteiger partial charge in [-0.2, -0.15) is 0 Å². The number of nitrogen functional groups attached to an aromatic ring is 1. The van der Waals surface area contributed by atoms with E-state index in [1.54, 1.807) is 17.5 Å². The minimum Gasteiger partial charge on any atom is -0.397 e. The molecule has 2 heterocycles. The average molecular weight is 205 g/mol. The molecule has 2 rings (SSSR count). The summed E-state index contributed by atoms with van der Waals surface area (Å²) in [6, 6.07) is 2.01. The summed E-state index contributed by atoms with van der Waals surface area (Å²) in [4.78, 5) is 8.47. The molecule has 2 N–H and O–H groups in total. The minimum absolute atomic E-state index is 0.743. The Morgan fingerprint density at radius 1 is 1.43 bits per heavy atom. The van der Waals surface area contributed by atoms with Crippen molar-refractivity contribution in [3.8, 4) is 0 Å². The van der Waals surface area contributed by atoms with Crippen LogP contribution in [0.2, 0.25) is 0 Å². The SMILES string of the molecule is Cc1cc(Cc2nccs2)ncc1N. The van der Waals surface area contributed by atoms with Crippen molar-refractivity contribution in [3.63, 3.8) is 0 Å². The highest BCUT2D eigenvalue weighted by atomic mass is 32.1. The van der Waals surface area contributed by atoms with Crippen molar-refractivity contribution in [1.82, 2.24) is 9.97 Å². The first-order valence-corrected chi connectivity index (χ1v) is 5.23. The van der Waals surface area contributed by atoms with E-state index < -0.39 is 0 Å². The van der Waals surface area contributed by atoms with E-state index in [2.05, 4.69) is 9.97 Å². The Kier molecular flexibility index (Phi) is 2.45. The lowest BCUT2D eigenvalue weighted by Gasteiger charge is -2.01. The van der Waals surface area contributed by atoms with Crippen LogP contribution in [-0.4, -0.2) is 9.97 Å². The highest BCUT2D eigenvalue weighted by molar-refractivity contribution is 7.09. The van der Waals surface area contributed by atoms with Gasteiger partial charge < -0.3 is 5.73 Å². The van der Waals surface area contributed by atoms with Gasteiger partial charge in [0.05, 0.1) is 16.9 Å². The van der Waals surface area contributed by atoms with Crippen molar-refractivity contribution in [2.45, 2.75) is 13.3 Å². The summed E-state index contributed by atoms with van der Waals surface area (Å²) >= 11 is 1.65. The second-order valence-electron chi connectivity index (χ2n) is 3.13. The van der Waals surface area contributed by atoms with Crippen LogP contribution in [0.4, 0.5) is 5.69 Å². The van der Waals surface area contributed by atoms with Crippen LogP contribution in [0, 0.1) is 6.92 Å². The second kappa shape index (κ2) is 3.75. The Balaban J connectivity index is 2.22. The Labute approximate surface area is 86.6 Å². The molecule has 0 bridgehead atoms. The summed E-state index contributed by atoms with van der Waals surface area (Å²) in [5.41, 5.74) is 8.53. The quantitative estimate of drug-likeness (QED) is 0.816. The zero-order chi connectivity index (χ0) is 9.97. The molecule has 72 valence electrons. The molecule has 0 unspecified atom stereocenters. The van der Waals surface area contributed by atoms with Gasteiger partial charge in [-0.25, -0.2) is 4.98 Å². The summed E-state index contributed by atoms with van der Waals surface area (Å²) in [6.07, 6.45) is 4.31. The molecule has 3 nitrogen and oxygen atoms in total. The van der Waals surface area contributed by atoms with E-state index in [9.17, 15) is 0 Å². The van der Waals surface area contributed by atoms with Crippen molar-refractivity contribution in [2.24, 2.45) is 0 Å². The van der Waals surface area contributed by atoms with Gasteiger partial charge in [0, 0.05) is 23.7 Å². The standard InChI is InChI=1S/C10H11N3S/c1-7-4-8(13-6-9(7)11)5-10-12-2-3-14-10/h2-4,6H,5,11H2,1H3. The van der Waals surface area contributed by atoms with Crippen LogP contribution >= 0.6 is 11.3 Å². The van der Waals surface area contributed by atoms with E-state index in [0.717, 1.165) is 28.4 Å². The van der Waals surface area contributed by atoms with Crippen LogP contribution in [-0.2, 0) is 6.42 Å². The molecule has 0 spiro atoms. The molecule has 0 amide bonds. The first-order chi connectivity index (χ1) is 6.75. The molecule has 0 aliphatic carbocycles. The van der Waals surface area contributed by atoms with Crippen molar-refractivity contribution in [3.05, 3.63) is 40.1 Å².